The lowest BCUT2D eigenvalue weighted by Gasteiger charge is -2.04. The number of aromatic nitrogens is 1. The van der Waals surface area contributed by atoms with Gasteiger partial charge in [0.05, 0.1) is 22.6 Å². The van der Waals surface area contributed by atoms with Crippen molar-refractivity contribution < 1.29 is 14.5 Å². The van der Waals surface area contributed by atoms with Gasteiger partial charge >= 0.3 is 0 Å². The van der Waals surface area contributed by atoms with Crippen LogP contribution in [0, 0.1) is 17.0 Å². The van der Waals surface area contributed by atoms with Crippen LogP contribution in [0.2, 0.25) is 0 Å². The fraction of sp³-hybridized carbons (Fsp3) is 0.0833. The Morgan fingerprint density at radius 2 is 1.66 bits per heavy atom. The van der Waals surface area contributed by atoms with E-state index in [4.69, 9.17) is 4.74 Å². The molecule has 0 aliphatic rings. The number of benzene rings is 3. The number of carbonyl (C=O) groups excluding carboxylic acids is 1. The molecule has 4 aromatic rings. The topological polar surface area (TPSA) is 94.4 Å². The first-order chi connectivity index (χ1) is 15.5. The molecule has 3 aromatic carbocycles. The highest BCUT2D eigenvalue weighted by atomic mass is 32.1. The van der Waals surface area contributed by atoms with Crippen molar-refractivity contribution in [3.63, 3.8) is 0 Å². The van der Waals surface area contributed by atoms with Crippen molar-refractivity contribution in [2.24, 2.45) is 0 Å². The van der Waals surface area contributed by atoms with E-state index in [9.17, 15) is 14.9 Å². The molecular weight excluding hydrogens is 426 g/mol. The third kappa shape index (κ3) is 4.35. The maximum absolute atomic E-state index is 12.8. The molecule has 0 unspecified atom stereocenters. The monoisotopic (exact) mass is 445 g/mol. The van der Waals surface area contributed by atoms with Gasteiger partial charge in [-0.3, -0.25) is 20.2 Å². The molecule has 0 atom stereocenters. The molecular formula is C24H19N3O4S. The summed E-state index contributed by atoms with van der Waals surface area (Å²) in [6.07, 6.45) is 0. The van der Waals surface area contributed by atoms with Gasteiger partial charge < -0.3 is 4.74 Å². The number of amides is 1. The molecule has 32 heavy (non-hydrogen) atoms. The molecule has 0 spiro atoms. The molecule has 0 bridgehead atoms. The van der Waals surface area contributed by atoms with Crippen molar-refractivity contribution in [2.75, 3.05) is 12.4 Å². The van der Waals surface area contributed by atoms with Crippen molar-refractivity contribution in [1.29, 1.82) is 0 Å². The third-order valence-electron chi connectivity index (χ3n) is 4.94. The fourth-order valence-electron chi connectivity index (χ4n) is 3.24. The number of nitrogens with one attached hydrogen (secondary N) is 1. The van der Waals surface area contributed by atoms with E-state index in [2.05, 4.69) is 10.3 Å². The van der Waals surface area contributed by atoms with Crippen LogP contribution in [-0.2, 0) is 0 Å². The molecule has 0 aliphatic carbocycles. The van der Waals surface area contributed by atoms with E-state index >= 15 is 0 Å². The Hall–Kier alpha value is -4.04. The highest BCUT2D eigenvalue weighted by molar-refractivity contribution is 7.19. The summed E-state index contributed by atoms with van der Waals surface area (Å²) in [5, 5.41) is 14.3. The number of aryl methyl sites for hydroxylation is 1. The molecule has 1 aromatic heterocycles. The minimum atomic E-state index is -0.441. The highest BCUT2D eigenvalue weighted by Gasteiger charge is 2.18. The number of non-ortho nitro benzene ring substituents is 1. The van der Waals surface area contributed by atoms with Gasteiger partial charge in [-0.05, 0) is 60.5 Å². The lowest BCUT2D eigenvalue weighted by atomic mass is 10.1. The molecule has 8 heteroatoms. The van der Waals surface area contributed by atoms with Gasteiger partial charge in [0.2, 0.25) is 0 Å². The quantitative estimate of drug-likeness (QED) is 0.292. The van der Waals surface area contributed by atoms with E-state index in [1.165, 1.54) is 23.5 Å². The number of hydrogen-bond acceptors (Lipinski definition) is 6. The summed E-state index contributed by atoms with van der Waals surface area (Å²) < 4.78 is 5.24. The van der Waals surface area contributed by atoms with E-state index in [0.29, 0.717) is 22.0 Å². The summed E-state index contributed by atoms with van der Waals surface area (Å²) in [6.45, 7) is 1.88. The van der Waals surface area contributed by atoms with Crippen LogP contribution in [0.25, 0.3) is 21.7 Å². The van der Waals surface area contributed by atoms with Crippen LogP contribution < -0.4 is 10.1 Å². The minimum Gasteiger partial charge on any atom is -0.497 e. The molecule has 0 aliphatic heterocycles. The fourth-order valence-corrected chi connectivity index (χ4v) is 4.23. The van der Waals surface area contributed by atoms with Crippen LogP contribution in [-0.4, -0.2) is 22.9 Å². The first-order valence-electron chi connectivity index (χ1n) is 9.73. The molecule has 1 N–H and O–H groups in total. The second-order valence-corrected chi connectivity index (χ2v) is 8.00. The zero-order valence-corrected chi connectivity index (χ0v) is 18.2. The van der Waals surface area contributed by atoms with Crippen molar-refractivity contribution in [2.45, 2.75) is 6.92 Å². The molecule has 0 radical (unpaired) electrons. The second-order valence-electron chi connectivity index (χ2n) is 7.00. The number of anilines is 1. The van der Waals surface area contributed by atoms with Crippen molar-refractivity contribution >= 4 is 28.1 Å². The largest absolute Gasteiger partial charge is 0.497 e. The first-order valence-corrected chi connectivity index (χ1v) is 10.5. The Kier molecular flexibility index (Phi) is 5.96. The maximum atomic E-state index is 12.8. The minimum absolute atomic E-state index is 0.00283. The van der Waals surface area contributed by atoms with Crippen molar-refractivity contribution in [3.8, 4) is 27.4 Å². The Morgan fingerprint density at radius 3 is 2.28 bits per heavy atom. The average Bonchev–Trinajstić information content (AvgIpc) is 3.23. The number of nitro benzene ring substituents is 1. The predicted molar refractivity (Wildman–Crippen MR) is 125 cm³/mol. The van der Waals surface area contributed by atoms with Gasteiger partial charge in [-0.15, -0.1) is 0 Å². The maximum Gasteiger partial charge on any atom is 0.269 e. The summed E-state index contributed by atoms with van der Waals surface area (Å²) in [4.78, 5) is 28.9. The number of carbonyl (C=O) groups is 1. The molecule has 1 amide bonds. The average molecular weight is 446 g/mol. The third-order valence-corrected chi connectivity index (χ3v) is 5.96. The van der Waals surface area contributed by atoms with Crippen LogP contribution in [0.3, 0.4) is 0 Å². The number of ether oxygens (including phenoxy) is 1. The van der Waals surface area contributed by atoms with Crippen molar-refractivity contribution in [3.05, 3.63) is 94.0 Å². The lowest BCUT2D eigenvalue weighted by Crippen LogP contribution is -2.12. The van der Waals surface area contributed by atoms with Crippen LogP contribution in [0.1, 0.15) is 15.9 Å². The van der Waals surface area contributed by atoms with Gasteiger partial charge in [0, 0.05) is 23.3 Å². The van der Waals surface area contributed by atoms with Gasteiger partial charge in [-0.25, -0.2) is 4.98 Å². The van der Waals surface area contributed by atoms with Gasteiger partial charge in [0.15, 0.2) is 5.13 Å². The Labute approximate surface area is 188 Å². The number of methoxy groups -OCH3 is 1. The lowest BCUT2D eigenvalue weighted by molar-refractivity contribution is -0.384. The second kappa shape index (κ2) is 8.99. The van der Waals surface area contributed by atoms with E-state index in [-0.39, 0.29) is 11.6 Å². The predicted octanol–water partition coefficient (Wildman–Crippen LogP) is 5.95. The zero-order chi connectivity index (χ0) is 22.7. The van der Waals surface area contributed by atoms with E-state index in [1.54, 1.807) is 25.3 Å². The van der Waals surface area contributed by atoms with E-state index in [1.807, 2.05) is 49.4 Å². The first kappa shape index (κ1) is 21.2. The standard InChI is InChI=1S/C24H19N3O4S/c1-15-5-3-4-6-20(15)23(28)26-24-25-21(16-7-11-18(12-8-16)27(29)30)22(32-24)17-9-13-19(31-2)14-10-17/h3-14H,1-2H3,(H,25,26,28). The summed E-state index contributed by atoms with van der Waals surface area (Å²) in [6, 6.07) is 21.1. The van der Waals surface area contributed by atoms with Gasteiger partial charge in [0.1, 0.15) is 5.75 Å². The number of nitro groups is 1. The number of hydrogen-bond donors (Lipinski definition) is 1. The molecule has 0 fully saturated rings. The normalized spacial score (nSPS) is 10.6. The molecule has 1 heterocycles. The Morgan fingerprint density at radius 1 is 1.00 bits per heavy atom. The van der Waals surface area contributed by atoms with E-state index in [0.717, 1.165) is 21.8 Å². The van der Waals surface area contributed by atoms with Crippen LogP contribution in [0.4, 0.5) is 10.8 Å². The summed E-state index contributed by atoms with van der Waals surface area (Å²) in [5.74, 6) is 0.483. The molecule has 4 rings (SSSR count). The summed E-state index contributed by atoms with van der Waals surface area (Å²) in [5.41, 5.74) is 3.69. The van der Waals surface area contributed by atoms with Gasteiger partial charge in [-0.2, -0.15) is 0 Å². The van der Waals surface area contributed by atoms with Crippen LogP contribution in [0.15, 0.2) is 72.8 Å². The van der Waals surface area contributed by atoms with Crippen LogP contribution in [0.5, 0.6) is 5.75 Å². The molecule has 0 saturated heterocycles. The number of rotatable bonds is 6. The van der Waals surface area contributed by atoms with E-state index < -0.39 is 4.92 Å². The Bertz CT molecular complexity index is 1280. The van der Waals surface area contributed by atoms with Crippen LogP contribution >= 0.6 is 11.3 Å². The molecule has 160 valence electrons. The number of thiazole rings is 1. The molecule has 7 nitrogen and oxygen atoms in total. The highest BCUT2D eigenvalue weighted by Crippen LogP contribution is 2.40. The zero-order valence-electron chi connectivity index (χ0n) is 17.4. The van der Waals surface area contributed by atoms with Gasteiger partial charge in [-0.1, -0.05) is 29.5 Å². The SMILES string of the molecule is COc1ccc(-c2sc(NC(=O)c3ccccc3C)nc2-c2ccc([N+](=O)[O-])cc2)cc1. The van der Waals surface area contributed by atoms with Crippen molar-refractivity contribution in [1.82, 2.24) is 4.98 Å². The molecule has 0 saturated carbocycles. The van der Waals surface area contributed by atoms with Gasteiger partial charge in [0.25, 0.3) is 11.6 Å². The summed E-state index contributed by atoms with van der Waals surface area (Å²) in [7, 11) is 1.60. The Balaban J connectivity index is 1.74. The number of nitrogens with zero attached hydrogens (tertiary/aromatic N) is 2. The smallest absolute Gasteiger partial charge is 0.269 e. The summed E-state index contributed by atoms with van der Waals surface area (Å²) >= 11 is 1.34.